The molecule has 30 heavy (non-hydrogen) atoms. The van der Waals surface area contributed by atoms with Gasteiger partial charge in [-0.1, -0.05) is 48.9 Å². The van der Waals surface area contributed by atoms with Crippen LogP contribution in [0.15, 0.2) is 53.7 Å². The van der Waals surface area contributed by atoms with E-state index in [1.807, 2.05) is 52.9 Å². The minimum Gasteiger partial charge on any atom is -0.335 e. The first kappa shape index (κ1) is 18.9. The smallest absolute Gasteiger partial charge is 0.321 e. The van der Waals surface area contributed by atoms with Crippen LogP contribution in [0.4, 0.5) is 4.79 Å². The zero-order valence-electron chi connectivity index (χ0n) is 16.3. The molecule has 2 aromatic heterocycles. The van der Waals surface area contributed by atoms with Crippen LogP contribution in [0.25, 0.3) is 27.6 Å². The maximum absolute atomic E-state index is 12.4. The molecule has 0 bridgehead atoms. The summed E-state index contributed by atoms with van der Waals surface area (Å²) < 4.78 is 1.98. The summed E-state index contributed by atoms with van der Waals surface area (Å²) >= 11 is 1.30. The highest BCUT2D eigenvalue weighted by molar-refractivity contribution is 7.99. The summed E-state index contributed by atoms with van der Waals surface area (Å²) in [5.74, 6) is -0.256. The van der Waals surface area contributed by atoms with Crippen LogP contribution in [0.2, 0.25) is 0 Å². The van der Waals surface area contributed by atoms with Crippen LogP contribution in [0, 0.1) is 0 Å². The van der Waals surface area contributed by atoms with Crippen molar-refractivity contribution in [3.63, 3.8) is 0 Å². The number of urea groups is 1. The summed E-state index contributed by atoms with van der Waals surface area (Å²) in [7, 11) is 0. The summed E-state index contributed by atoms with van der Waals surface area (Å²) in [5.41, 5.74) is 3.44. The Morgan fingerprint density at radius 1 is 1.00 bits per heavy atom. The molecule has 8 heteroatoms. The number of rotatable bonds is 4. The van der Waals surface area contributed by atoms with Gasteiger partial charge in [-0.3, -0.25) is 14.5 Å². The predicted octanol–water partition coefficient (Wildman–Crippen LogP) is 3.90. The molecule has 0 saturated heterocycles. The van der Waals surface area contributed by atoms with E-state index >= 15 is 0 Å². The molecule has 0 aliphatic heterocycles. The maximum atomic E-state index is 12.4. The third-order valence-electron chi connectivity index (χ3n) is 5.39. The normalized spacial score (nSPS) is 14.5. The fourth-order valence-electron chi connectivity index (χ4n) is 3.99. The van der Waals surface area contributed by atoms with E-state index < -0.39 is 6.03 Å². The Labute approximate surface area is 177 Å². The van der Waals surface area contributed by atoms with Gasteiger partial charge >= 0.3 is 6.03 Å². The number of para-hydroxylation sites is 3. The molecule has 3 amide bonds. The predicted molar refractivity (Wildman–Crippen MR) is 118 cm³/mol. The summed E-state index contributed by atoms with van der Waals surface area (Å²) in [6.07, 6.45) is 4.20. The maximum Gasteiger partial charge on any atom is 0.321 e. The molecule has 1 aliphatic rings. The molecule has 152 valence electrons. The lowest BCUT2D eigenvalue weighted by atomic mass is 10.2. The van der Waals surface area contributed by atoms with Gasteiger partial charge in [-0.25, -0.2) is 14.8 Å². The van der Waals surface area contributed by atoms with E-state index in [1.54, 1.807) is 0 Å². The van der Waals surface area contributed by atoms with Gasteiger partial charge in [0, 0.05) is 11.4 Å². The zero-order chi connectivity index (χ0) is 20.5. The van der Waals surface area contributed by atoms with Crippen molar-refractivity contribution in [1.29, 1.82) is 0 Å². The first-order valence-corrected chi connectivity index (χ1v) is 11.1. The van der Waals surface area contributed by atoms with Gasteiger partial charge < -0.3 is 5.32 Å². The SMILES string of the molecule is O=C(CSc1nc2ccccc2c2nc3ccccc3n12)NC(=O)NC1CCCC1. The Hall–Kier alpha value is -3.13. The summed E-state index contributed by atoms with van der Waals surface area (Å²) in [5, 5.41) is 6.93. The van der Waals surface area contributed by atoms with Crippen LogP contribution in [-0.4, -0.2) is 38.1 Å². The van der Waals surface area contributed by atoms with E-state index in [0.717, 1.165) is 53.3 Å². The van der Waals surface area contributed by atoms with Crippen LogP contribution < -0.4 is 10.6 Å². The highest BCUT2D eigenvalue weighted by Crippen LogP contribution is 2.28. The van der Waals surface area contributed by atoms with Crippen molar-refractivity contribution in [1.82, 2.24) is 25.0 Å². The van der Waals surface area contributed by atoms with Crippen molar-refractivity contribution in [2.24, 2.45) is 0 Å². The van der Waals surface area contributed by atoms with Gasteiger partial charge in [0.1, 0.15) is 5.65 Å². The standard InChI is InChI=1S/C22H21N5O2S/c28-19(26-21(29)23-14-7-1-2-8-14)13-30-22-25-16-10-4-3-9-15(16)20-24-17-11-5-6-12-18(17)27(20)22/h3-6,9-12,14H,1-2,7-8,13H2,(H2,23,26,28,29). The Kier molecular flexibility index (Phi) is 5.00. The molecule has 7 nitrogen and oxygen atoms in total. The average Bonchev–Trinajstić information content (AvgIpc) is 3.39. The number of benzene rings is 2. The van der Waals surface area contributed by atoms with Crippen LogP contribution in [0.5, 0.6) is 0 Å². The van der Waals surface area contributed by atoms with Crippen molar-refractivity contribution >= 4 is 51.3 Å². The van der Waals surface area contributed by atoms with Crippen molar-refractivity contribution in [2.75, 3.05) is 5.75 Å². The Morgan fingerprint density at radius 3 is 2.57 bits per heavy atom. The van der Waals surface area contributed by atoms with Gasteiger partial charge in [-0.15, -0.1) is 0 Å². The molecule has 4 aromatic rings. The summed E-state index contributed by atoms with van der Waals surface area (Å²) in [4.78, 5) is 34.0. The number of nitrogens with zero attached hydrogens (tertiary/aromatic N) is 3. The van der Waals surface area contributed by atoms with E-state index in [2.05, 4.69) is 10.6 Å². The minimum atomic E-state index is -0.419. The molecule has 2 heterocycles. The van der Waals surface area contributed by atoms with E-state index in [0.29, 0.717) is 5.16 Å². The van der Waals surface area contributed by atoms with Gasteiger partial charge in [0.05, 0.1) is 22.3 Å². The lowest BCUT2D eigenvalue weighted by Crippen LogP contribution is -2.44. The van der Waals surface area contributed by atoms with Gasteiger partial charge in [-0.05, 0) is 37.1 Å². The molecule has 0 unspecified atom stereocenters. The quantitative estimate of drug-likeness (QED) is 0.387. The Morgan fingerprint density at radius 2 is 1.73 bits per heavy atom. The number of nitrogens with one attached hydrogen (secondary N) is 2. The van der Waals surface area contributed by atoms with Crippen molar-refractivity contribution in [3.05, 3.63) is 48.5 Å². The second kappa shape index (κ2) is 7.95. The number of thioether (sulfide) groups is 1. The molecule has 1 fully saturated rings. The van der Waals surface area contributed by atoms with E-state index in [1.165, 1.54) is 11.8 Å². The number of aromatic nitrogens is 3. The van der Waals surface area contributed by atoms with E-state index in [4.69, 9.17) is 9.97 Å². The fraction of sp³-hybridized carbons (Fsp3) is 0.273. The van der Waals surface area contributed by atoms with E-state index in [-0.39, 0.29) is 17.7 Å². The zero-order valence-corrected chi connectivity index (χ0v) is 17.1. The lowest BCUT2D eigenvalue weighted by molar-refractivity contribution is -0.117. The lowest BCUT2D eigenvalue weighted by Gasteiger charge is -2.12. The molecule has 1 saturated carbocycles. The number of amides is 3. The number of hydrogen-bond donors (Lipinski definition) is 2. The number of carbonyl (C=O) groups is 2. The van der Waals surface area contributed by atoms with Crippen molar-refractivity contribution < 1.29 is 9.59 Å². The molecule has 0 atom stereocenters. The Balaban J connectivity index is 1.40. The number of imidazole rings is 1. The number of carbonyl (C=O) groups excluding carboxylic acids is 2. The molecular weight excluding hydrogens is 398 g/mol. The third kappa shape index (κ3) is 3.59. The molecular formula is C22H21N5O2S. The topological polar surface area (TPSA) is 88.4 Å². The number of fused-ring (bicyclic) bond motifs is 5. The molecule has 2 aromatic carbocycles. The van der Waals surface area contributed by atoms with E-state index in [9.17, 15) is 9.59 Å². The first-order chi connectivity index (χ1) is 14.7. The molecule has 0 spiro atoms. The van der Waals surface area contributed by atoms with Crippen LogP contribution in [-0.2, 0) is 4.79 Å². The van der Waals surface area contributed by atoms with Crippen molar-refractivity contribution in [2.45, 2.75) is 36.9 Å². The minimum absolute atomic E-state index is 0.0883. The van der Waals surface area contributed by atoms with Crippen LogP contribution >= 0.6 is 11.8 Å². The molecule has 0 radical (unpaired) electrons. The summed E-state index contributed by atoms with van der Waals surface area (Å²) in [6.45, 7) is 0. The highest BCUT2D eigenvalue weighted by Gasteiger charge is 2.19. The molecule has 1 aliphatic carbocycles. The fourth-order valence-corrected chi connectivity index (χ4v) is 4.80. The molecule has 5 rings (SSSR count). The second-order valence-electron chi connectivity index (χ2n) is 7.46. The largest absolute Gasteiger partial charge is 0.335 e. The first-order valence-electron chi connectivity index (χ1n) is 10.1. The average molecular weight is 420 g/mol. The molecule has 2 N–H and O–H groups in total. The Bertz CT molecular complexity index is 1260. The number of imide groups is 1. The van der Waals surface area contributed by atoms with Gasteiger partial charge in [0.2, 0.25) is 5.91 Å². The van der Waals surface area contributed by atoms with Gasteiger partial charge in [0.15, 0.2) is 5.16 Å². The van der Waals surface area contributed by atoms with Crippen LogP contribution in [0.1, 0.15) is 25.7 Å². The highest BCUT2D eigenvalue weighted by atomic mass is 32.2. The monoisotopic (exact) mass is 419 g/mol. The second-order valence-corrected chi connectivity index (χ2v) is 8.41. The van der Waals surface area contributed by atoms with Crippen LogP contribution in [0.3, 0.4) is 0 Å². The van der Waals surface area contributed by atoms with Crippen molar-refractivity contribution in [3.8, 4) is 0 Å². The number of hydrogen-bond acceptors (Lipinski definition) is 5. The summed E-state index contributed by atoms with van der Waals surface area (Å²) in [6, 6.07) is 15.5. The van der Waals surface area contributed by atoms with Gasteiger partial charge in [0.25, 0.3) is 0 Å². The van der Waals surface area contributed by atoms with Gasteiger partial charge in [-0.2, -0.15) is 0 Å². The third-order valence-corrected chi connectivity index (χ3v) is 6.33.